The summed E-state index contributed by atoms with van der Waals surface area (Å²) in [5, 5.41) is 0. The van der Waals surface area contributed by atoms with Crippen molar-refractivity contribution in [2.75, 3.05) is 19.6 Å². The van der Waals surface area contributed by atoms with Crippen LogP contribution in [0.3, 0.4) is 0 Å². The van der Waals surface area contributed by atoms with Crippen LogP contribution in [0.5, 0.6) is 0 Å². The number of imide groups is 1. The van der Waals surface area contributed by atoms with Crippen LogP contribution in [0.25, 0.3) is 0 Å². The first kappa shape index (κ1) is 20.0. The van der Waals surface area contributed by atoms with Gasteiger partial charge in [-0.25, -0.2) is 0 Å². The lowest BCUT2D eigenvalue weighted by atomic mass is 9.73. The summed E-state index contributed by atoms with van der Waals surface area (Å²) >= 11 is 0. The number of piperidine rings is 1. The minimum absolute atomic E-state index is 0.0106. The first-order valence-electron chi connectivity index (χ1n) is 9.78. The minimum Gasteiger partial charge on any atom is -0.369 e. The fraction of sp³-hybridized carbons (Fsp3) is 0.524. The highest BCUT2D eigenvalue weighted by molar-refractivity contribution is 6.10. The molecule has 28 heavy (non-hydrogen) atoms. The Hall–Kier alpha value is -2.70. The van der Waals surface area contributed by atoms with Crippen molar-refractivity contribution in [3.63, 3.8) is 0 Å². The molecule has 0 spiro atoms. The largest absolute Gasteiger partial charge is 0.369 e. The number of rotatable bonds is 5. The molecule has 2 N–H and O–H groups in total. The molecule has 2 fully saturated rings. The Morgan fingerprint density at radius 1 is 1.25 bits per heavy atom. The van der Waals surface area contributed by atoms with E-state index in [9.17, 15) is 19.2 Å². The number of likely N-dealkylation sites (N-methyl/N-ethyl adjacent to an activating group) is 1. The van der Waals surface area contributed by atoms with Crippen molar-refractivity contribution >= 4 is 23.6 Å². The molecule has 150 valence electrons. The maximum absolute atomic E-state index is 13.3. The zero-order valence-electron chi connectivity index (χ0n) is 16.4. The lowest BCUT2D eigenvalue weighted by Crippen LogP contribution is -2.48. The van der Waals surface area contributed by atoms with Gasteiger partial charge in [0.1, 0.15) is 0 Å². The van der Waals surface area contributed by atoms with E-state index in [0.717, 1.165) is 11.1 Å². The SMILES string of the molecule is CCN1C(=O)CC(CC(=O)N2CCCC(C(N)=O)C2)(c2ccccc2C)C1=O. The molecule has 7 heteroatoms. The van der Waals surface area contributed by atoms with E-state index in [2.05, 4.69) is 0 Å². The van der Waals surface area contributed by atoms with Gasteiger partial charge in [-0.1, -0.05) is 24.3 Å². The van der Waals surface area contributed by atoms with Crippen molar-refractivity contribution in [1.29, 1.82) is 0 Å². The van der Waals surface area contributed by atoms with Crippen LogP contribution in [0.15, 0.2) is 24.3 Å². The lowest BCUT2D eigenvalue weighted by molar-refractivity contribution is -0.143. The minimum atomic E-state index is -1.19. The Morgan fingerprint density at radius 3 is 2.57 bits per heavy atom. The molecular weight excluding hydrogens is 358 g/mol. The van der Waals surface area contributed by atoms with Crippen molar-refractivity contribution < 1.29 is 19.2 Å². The predicted molar refractivity (Wildman–Crippen MR) is 103 cm³/mol. The summed E-state index contributed by atoms with van der Waals surface area (Å²) in [6, 6.07) is 7.41. The van der Waals surface area contributed by atoms with E-state index >= 15 is 0 Å². The summed E-state index contributed by atoms with van der Waals surface area (Å²) in [6.07, 6.45) is 1.28. The third-order valence-electron chi connectivity index (χ3n) is 6.01. The normalized spacial score (nSPS) is 25.3. The molecule has 2 unspecified atom stereocenters. The number of carbonyl (C=O) groups excluding carboxylic acids is 4. The standard InChI is InChI=1S/C21H27N3O4/c1-3-24-18(26)12-21(20(24)28,16-9-5-4-7-14(16)2)11-17(25)23-10-6-8-15(13-23)19(22)27/h4-5,7,9,15H,3,6,8,10-13H2,1-2H3,(H2,22,27). The number of hydrogen-bond donors (Lipinski definition) is 1. The molecule has 0 radical (unpaired) electrons. The van der Waals surface area contributed by atoms with Gasteiger partial charge in [-0.15, -0.1) is 0 Å². The second-order valence-corrected chi connectivity index (χ2v) is 7.78. The first-order chi connectivity index (χ1) is 13.3. The number of benzene rings is 1. The van der Waals surface area contributed by atoms with Crippen LogP contribution >= 0.6 is 0 Å². The number of aryl methyl sites for hydroxylation is 1. The molecule has 1 aromatic rings. The van der Waals surface area contributed by atoms with Crippen LogP contribution in [0.1, 0.15) is 43.7 Å². The monoisotopic (exact) mass is 385 g/mol. The summed E-state index contributed by atoms with van der Waals surface area (Å²) < 4.78 is 0. The van der Waals surface area contributed by atoms with Crippen molar-refractivity contribution in [1.82, 2.24) is 9.80 Å². The summed E-state index contributed by atoms with van der Waals surface area (Å²) in [6.45, 7) is 4.74. The summed E-state index contributed by atoms with van der Waals surface area (Å²) in [7, 11) is 0. The van der Waals surface area contributed by atoms with Gasteiger partial charge in [-0.2, -0.15) is 0 Å². The van der Waals surface area contributed by atoms with Gasteiger partial charge < -0.3 is 10.6 Å². The van der Waals surface area contributed by atoms with Crippen molar-refractivity contribution in [2.45, 2.75) is 44.9 Å². The topological polar surface area (TPSA) is 101 Å². The van der Waals surface area contributed by atoms with Crippen LogP contribution in [0.2, 0.25) is 0 Å². The van der Waals surface area contributed by atoms with Crippen molar-refractivity contribution in [2.24, 2.45) is 11.7 Å². The Labute approximate surface area is 164 Å². The maximum atomic E-state index is 13.3. The number of hydrogen-bond acceptors (Lipinski definition) is 4. The fourth-order valence-electron chi connectivity index (χ4n) is 4.48. The Balaban J connectivity index is 1.94. The van der Waals surface area contributed by atoms with Gasteiger partial charge in [0, 0.05) is 32.5 Å². The second kappa shape index (κ2) is 7.73. The van der Waals surface area contributed by atoms with E-state index in [0.29, 0.717) is 19.4 Å². The maximum Gasteiger partial charge on any atom is 0.240 e. The predicted octanol–water partition coefficient (Wildman–Crippen LogP) is 1.13. The van der Waals surface area contributed by atoms with Gasteiger partial charge in [0.2, 0.25) is 23.6 Å². The third-order valence-corrected chi connectivity index (χ3v) is 6.01. The van der Waals surface area contributed by atoms with Gasteiger partial charge in [-0.05, 0) is 37.8 Å². The van der Waals surface area contributed by atoms with E-state index < -0.39 is 11.3 Å². The summed E-state index contributed by atoms with van der Waals surface area (Å²) in [5.74, 6) is -1.55. The molecule has 2 atom stereocenters. The Bertz CT molecular complexity index is 822. The van der Waals surface area contributed by atoms with E-state index in [1.54, 1.807) is 11.8 Å². The molecule has 0 aliphatic carbocycles. The Morgan fingerprint density at radius 2 is 1.96 bits per heavy atom. The molecule has 0 aromatic heterocycles. The average molecular weight is 385 g/mol. The van der Waals surface area contributed by atoms with Gasteiger partial charge in [-0.3, -0.25) is 24.1 Å². The number of carbonyl (C=O) groups is 4. The van der Waals surface area contributed by atoms with Crippen LogP contribution in [0, 0.1) is 12.8 Å². The molecule has 1 aromatic carbocycles. The number of nitrogens with two attached hydrogens (primary N) is 1. The van der Waals surface area contributed by atoms with Crippen molar-refractivity contribution in [3.8, 4) is 0 Å². The third kappa shape index (κ3) is 3.41. The second-order valence-electron chi connectivity index (χ2n) is 7.78. The smallest absolute Gasteiger partial charge is 0.240 e. The molecule has 0 saturated carbocycles. The molecular formula is C21H27N3O4. The average Bonchev–Trinajstić information content (AvgIpc) is 2.92. The number of likely N-dealkylation sites (tertiary alicyclic amines) is 2. The highest BCUT2D eigenvalue weighted by atomic mass is 16.2. The van der Waals surface area contributed by atoms with Gasteiger partial charge in [0.05, 0.1) is 11.3 Å². The van der Waals surface area contributed by atoms with Crippen LogP contribution < -0.4 is 5.73 Å². The number of primary amides is 1. The van der Waals surface area contributed by atoms with Crippen LogP contribution in [-0.2, 0) is 24.6 Å². The number of nitrogens with zero attached hydrogens (tertiary/aromatic N) is 2. The molecule has 2 heterocycles. The Kier molecular flexibility index (Phi) is 5.54. The van der Waals surface area contributed by atoms with Gasteiger partial charge >= 0.3 is 0 Å². The van der Waals surface area contributed by atoms with E-state index in [-0.39, 0.29) is 49.6 Å². The number of amides is 4. The molecule has 3 rings (SSSR count). The molecule has 0 bridgehead atoms. The van der Waals surface area contributed by atoms with Crippen molar-refractivity contribution in [3.05, 3.63) is 35.4 Å². The van der Waals surface area contributed by atoms with Crippen LogP contribution in [0.4, 0.5) is 0 Å². The van der Waals surface area contributed by atoms with Crippen LogP contribution in [-0.4, -0.2) is 53.1 Å². The summed E-state index contributed by atoms with van der Waals surface area (Å²) in [5.41, 5.74) is 5.84. The van der Waals surface area contributed by atoms with E-state index in [1.807, 2.05) is 31.2 Å². The zero-order chi connectivity index (χ0) is 20.5. The summed E-state index contributed by atoms with van der Waals surface area (Å²) in [4.78, 5) is 53.4. The van der Waals surface area contributed by atoms with E-state index in [1.165, 1.54) is 4.90 Å². The van der Waals surface area contributed by atoms with E-state index in [4.69, 9.17) is 5.73 Å². The molecule has 7 nitrogen and oxygen atoms in total. The molecule has 2 aliphatic heterocycles. The molecule has 4 amide bonds. The fourth-order valence-corrected chi connectivity index (χ4v) is 4.48. The van der Waals surface area contributed by atoms with Gasteiger partial charge in [0.25, 0.3) is 0 Å². The zero-order valence-corrected chi connectivity index (χ0v) is 16.4. The molecule has 2 aliphatic rings. The lowest BCUT2D eigenvalue weighted by Gasteiger charge is -2.35. The first-order valence-corrected chi connectivity index (χ1v) is 9.78. The quantitative estimate of drug-likeness (QED) is 0.768. The molecule has 2 saturated heterocycles. The van der Waals surface area contributed by atoms with Gasteiger partial charge in [0.15, 0.2) is 0 Å². The highest BCUT2D eigenvalue weighted by Gasteiger charge is 2.54. The highest BCUT2D eigenvalue weighted by Crippen LogP contribution is 2.41.